The SMILES string of the molecule is CCOc1cc([N+](=O)[O-])c(C(=O)O[C@H](C)C(=O)Nc2ccc(OC)cc2)cc1OC. The van der Waals surface area contributed by atoms with E-state index in [9.17, 15) is 19.7 Å². The zero-order valence-corrected chi connectivity index (χ0v) is 17.0. The number of nitro benzene ring substituents is 1. The normalized spacial score (nSPS) is 11.2. The lowest BCUT2D eigenvalue weighted by Gasteiger charge is -2.15. The highest BCUT2D eigenvalue weighted by Crippen LogP contribution is 2.35. The summed E-state index contributed by atoms with van der Waals surface area (Å²) >= 11 is 0. The molecule has 1 N–H and O–H groups in total. The molecule has 0 fully saturated rings. The van der Waals surface area contributed by atoms with Crippen molar-refractivity contribution >= 4 is 23.3 Å². The summed E-state index contributed by atoms with van der Waals surface area (Å²) in [4.78, 5) is 35.5. The minimum absolute atomic E-state index is 0.119. The van der Waals surface area contributed by atoms with Gasteiger partial charge in [0.1, 0.15) is 11.3 Å². The highest BCUT2D eigenvalue weighted by atomic mass is 16.6. The van der Waals surface area contributed by atoms with Crippen LogP contribution in [0, 0.1) is 10.1 Å². The summed E-state index contributed by atoms with van der Waals surface area (Å²) in [6.45, 7) is 3.31. The van der Waals surface area contributed by atoms with Gasteiger partial charge in [-0.1, -0.05) is 0 Å². The first-order valence-electron chi connectivity index (χ1n) is 8.95. The summed E-state index contributed by atoms with van der Waals surface area (Å²) in [5.41, 5.74) is -0.408. The second-order valence-electron chi connectivity index (χ2n) is 5.98. The molecule has 0 aromatic heterocycles. The number of esters is 1. The van der Waals surface area contributed by atoms with E-state index in [0.717, 1.165) is 12.1 Å². The molecule has 0 aliphatic rings. The Bertz CT molecular complexity index is 927. The lowest BCUT2D eigenvalue weighted by Crippen LogP contribution is -2.30. The van der Waals surface area contributed by atoms with E-state index >= 15 is 0 Å². The number of rotatable bonds is 9. The molecule has 10 heteroatoms. The molecule has 0 spiro atoms. The molecule has 1 atom stereocenters. The topological polar surface area (TPSA) is 126 Å². The Balaban J connectivity index is 2.18. The number of nitrogens with zero attached hydrogens (tertiary/aromatic N) is 1. The number of carbonyl (C=O) groups excluding carboxylic acids is 2. The van der Waals surface area contributed by atoms with Crippen LogP contribution in [0.25, 0.3) is 0 Å². The van der Waals surface area contributed by atoms with Crippen LogP contribution in [0.3, 0.4) is 0 Å². The van der Waals surface area contributed by atoms with Crippen LogP contribution in [0.15, 0.2) is 36.4 Å². The third kappa shape index (κ3) is 5.37. The molecule has 2 rings (SSSR count). The Hall–Kier alpha value is -3.82. The van der Waals surface area contributed by atoms with E-state index in [4.69, 9.17) is 18.9 Å². The maximum atomic E-state index is 12.5. The van der Waals surface area contributed by atoms with Crippen molar-refractivity contribution in [1.82, 2.24) is 0 Å². The predicted molar refractivity (Wildman–Crippen MR) is 107 cm³/mol. The van der Waals surface area contributed by atoms with Gasteiger partial charge in [0.2, 0.25) is 0 Å². The van der Waals surface area contributed by atoms with Gasteiger partial charge in [-0.3, -0.25) is 14.9 Å². The summed E-state index contributed by atoms with van der Waals surface area (Å²) in [5, 5.41) is 14.0. The Morgan fingerprint density at radius 2 is 1.77 bits per heavy atom. The second kappa shape index (κ2) is 10.1. The number of benzene rings is 2. The van der Waals surface area contributed by atoms with Gasteiger partial charge in [-0.2, -0.15) is 0 Å². The van der Waals surface area contributed by atoms with Crippen molar-refractivity contribution in [2.24, 2.45) is 0 Å². The largest absolute Gasteiger partial charge is 0.497 e. The lowest BCUT2D eigenvalue weighted by molar-refractivity contribution is -0.385. The monoisotopic (exact) mass is 418 g/mol. The van der Waals surface area contributed by atoms with Crippen molar-refractivity contribution < 1.29 is 33.5 Å². The van der Waals surface area contributed by atoms with Crippen molar-refractivity contribution in [1.29, 1.82) is 0 Å². The number of amides is 1. The van der Waals surface area contributed by atoms with E-state index in [1.165, 1.54) is 21.1 Å². The molecule has 0 aliphatic carbocycles. The number of anilines is 1. The van der Waals surface area contributed by atoms with Crippen LogP contribution < -0.4 is 19.5 Å². The molecule has 2 aromatic rings. The number of hydrogen-bond acceptors (Lipinski definition) is 8. The fraction of sp³-hybridized carbons (Fsp3) is 0.300. The highest BCUT2D eigenvalue weighted by Gasteiger charge is 2.28. The lowest BCUT2D eigenvalue weighted by atomic mass is 10.1. The summed E-state index contributed by atoms with van der Waals surface area (Å²) in [6.07, 6.45) is -1.21. The van der Waals surface area contributed by atoms with E-state index < -0.39 is 28.6 Å². The zero-order chi connectivity index (χ0) is 22.3. The first-order valence-corrected chi connectivity index (χ1v) is 8.95. The van der Waals surface area contributed by atoms with Crippen molar-refractivity contribution in [3.8, 4) is 17.2 Å². The van der Waals surface area contributed by atoms with Crippen molar-refractivity contribution in [2.45, 2.75) is 20.0 Å². The standard InChI is InChI=1S/C20H22N2O8/c1-5-29-18-11-16(22(25)26)15(10-17(18)28-4)20(24)30-12(2)19(23)21-13-6-8-14(27-3)9-7-13/h6-12H,5H2,1-4H3,(H,21,23)/t12-/m1/s1. The minimum Gasteiger partial charge on any atom is -0.497 e. The minimum atomic E-state index is -1.21. The van der Waals surface area contributed by atoms with Gasteiger partial charge in [0.15, 0.2) is 17.6 Å². The van der Waals surface area contributed by atoms with Gasteiger partial charge in [0.25, 0.3) is 11.6 Å². The summed E-state index contributed by atoms with van der Waals surface area (Å²) in [5.74, 6) is -0.781. The third-order valence-electron chi connectivity index (χ3n) is 4.01. The van der Waals surface area contributed by atoms with Gasteiger partial charge >= 0.3 is 5.97 Å². The van der Waals surface area contributed by atoms with Gasteiger partial charge in [0.05, 0.1) is 31.8 Å². The van der Waals surface area contributed by atoms with Gasteiger partial charge in [-0.05, 0) is 38.1 Å². The Labute approximate surface area is 172 Å². The molecular formula is C20H22N2O8. The number of carbonyl (C=O) groups is 2. The summed E-state index contributed by atoms with van der Waals surface area (Å²) < 4.78 is 20.6. The van der Waals surface area contributed by atoms with Crippen LogP contribution in [-0.4, -0.2) is 43.7 Å². The number of hydrogen-bond donors (Lipinski definition) is 1. The van der Waals surface area contributed by atoms with Crippen LogP contribution in [-0.2, 0) is 9.53 Å². The zero-order valence-electron chi connectivity index (χ0n) is 17.0. The maximum absolute atomic E-state index is 12.5. The van der Waals surface area contributed by atoms with Gasteiger partial charge < -0.3 is 24.3 Å². The predicted octanol–water partition coefficient (Wildman–Crippen LogP) is 3.19. The molecule has 10 nitrogen and oxygen atoms in total. The number of nitro groups is 1. The van der Waals surface area contributed by atoms with Crippen LogP contribution >= 0.6 is 0 Å². The molecule has 0 bridgehead atoms. The Morgan fingerprint density at radius 1 is 1.10 bits per heavy atom. The van der Waals surface area contributed by atoms with Crippen LogP contribution in [0.1, 0.15) is 24.2 Å². The summed E-state index contributed by atoms with van der Waals surface area (Å²) in [6, 6.07) is 8.78. The third-order valence-corrected chi connectivity index (χ3v) is 4.01. The van der Waals surface area contributed by atoms with E-state index in [1.54, 1.807) is 31.2 Å². The van der Waals surface area contributed by atoms with Crippen molar-refractivity contribution in [3.05, 3.63) is 52.1 Å². The van der Waals surface area contributed by atoms with Crippen molar-refractivity contribution in [3.63, 3.8) is 0 Å². The molecule has 30 heavy (non-hydrogen) atoms. The maximum Gasteiger partial charge on any atom is 0.346 e. The van der Waals surface area contributed by atoms with Crippen LogP contribution in [0.4, 0.5) is 11.4 Å². The van der Waals surface area contributed by atoms with Gasteiger partial charge in [-0.15, -0.1) is 0 Å². The molecule has 0 heterocycles. The van der Waals surface area contributed by atoms with E-state index in [2.05, 4.69) is 5.32 Å². The molecule has 2 aromatic carbocycles. The summed E-state index contributed by atoms with van der Waals surface area (Å²) in [7, 11) is 2.86. The highest BCUT2D eigenvalue weighted by molar-refractivity contribution is 5.99. The molecule has 0 unspecified atom stereocenters. The molecule has 0 saturated carbocycles. The number of ether oxygens (including phenoxy) is 4. The average molecular weight is 418 g/mol. The average Bonchev–Trinajstić information content (AvgIpc) is 2.73. The van der Waals surface area contributed by atoms with E-state index in [1.807, 2.05) is 0 Å². The van der Waals surface area contributed by atoms with Crippen LogP contribution in [0.5, 0.6) is 17.2 Å². The first kappa shape index (κ1) is 22.5. The number of nitrogens with one attached hydrogen (secondary N) is 1. The van der Waals surface area contributed by atoms with E-state index in [-0.39, 0.29) is 23.7 Å². The van der Waals surface area contributed by atoms with Gasteiger partial charge in [0, 0.05) is 11.8 Å². The smallest absolute Gasteiger partial charge is 0.346 e. The molecule has 160 valence electrons. The Kier molecular flexibility index (Phi) is 7.56. The van der Waals surface area contributed by atoms with Gasteiger partial charge in [-0.25, -0.2) is 4.79 Å². The molecular weight excluding hydrogens is 396 g/mol. The fourth-order valence-electron chi connectivity index (χ4n) is 2.49. The number of methoxy groups -OCH3 is 2. The van der Waals surface area contributed by atoms with Crippen LogP contribution in [0.2, 0.25) is 0 Å². The van der Waals surface area contributed by atoms with E-state index in [0.29, 0.717) is 11.4 Å². The fourth-order valence-corrected chi connectivity index (χ4v) is 2.49. The Morgan fingerprint density at radius 3 is 2.30 bits per heavy atom. The molecule has 0 saturated heterocycles. The quantitative estimate of drug-likeness (QED) is 0.374. The molecule has 0 aliphatic heterocycles. The second-order valence-corrected chi connectivity index (χ2v) is 5.98. The first-order chi connectivity index (χ1) is 14.3. The molecule has 0 radical (unpaired) electrons. The molecule has 1 amide bonds. The van der Waals surface area contributed by atoms with Crippen molar-refractivity contribution in [2.75, 3.05) is 26.1 Å².